The van der Waals surface area contributed by atoms with E-state index in [0.717, 1.165) is 22.3 Å². The normalized spacial score (nSPS) is 11.3. The van der Waals surface area contributed by atoms with Crippen molar-refractivity contribution in [1.82, 2.24) is 10.3 Å². The van der Waals surface area contributed by atoms with Gasteiger partial charge in [0.15, 0.2) is 0 Å². The van der Waals surface area contributed by atoms with E-state index in [4.69, 9.17) is 0 Å². The summed E-state index contributed by atoms with van der Waals surface area (Å²) in [5.74, 6) is -0.491. The Kier molecular flexibility index (Phi) is 4.87. The number of carbonyl (C=O) groups is 1. The fourth-order valence-electron chi connectivity index (χ4n) is 2.19. The van der Waals surface area contributed by atoms with Gasteiger partial charge in [0.2, 0.25) is 0 Å². The van der Waals surface area contributed by atoms with Gasteiger partial charge in [-0.1, -0.05) is 23.8 Å². The molecular formula is C17H20N2O3S. The first-order chi connectivity index (χ1) is 10.7. The Labute approximate surface area is 136 Å². The Balaban J connectivity index is 2.15. The molecule has 122 valence electrons. The molecule has 5 nitrogen and oxygen atoms in total. The number of aryl methyl sites for hydroxylation is 4. The van der Waals surface area contributed by atoms with Crippen LogP contribution in [0.25, 0.3) is 0 Å². The molecule has 0 radical (unpaired) electrons. The van der Waals surface area contributed by atoms with Crippen LogP contribution in [-0.2, 0) is 10.0 Å². The number of carbonyl (C=O) groups excluding carboxylic acids is 1. The largest absolute Gasteiger partial charge is 0.273 e. The zero-order chi connectivity index (χ0) is 17.2. The lowest BCUT2D eigenvalue weighted by Gasteiger charge is -2.11. The molecule has 2 N–H and O–H groups in total. The number of sulfonamides is 1. The first-order valence-electron chi connectivity index (χ1n) is 7.17. The third-order valence-electron chi connectivity index (χ3n) is 3.71. The van der Waals surface area contributed by atoms with Crippen molar-refractivity contribution < 1.29 is 13.2 Å². The molecule has 1 amide bonds. The van der Waals surface area contributed by atoms with E-state index in [0.29, 0.717) is 5.56 Å². The third-order valence-corrected chi connectivity index (χ3v) is 4.96. The zero-order valence-electron chi connectivity index (χ0n) is 13.6. The molecule has 0 aromatic heterocycles. The van der Waals surface area contributed by atoms with E-state index in [2.05, 4.69) is 10.3 Å². The van der Waals surface area contributed by atoms with Crippen molar-refractivity contribution in [3.05, 3.63) is 64.2 Å². The summed E-state index contributed by atoms with van der Waals surface area (Å²) < 4.78 is 24.5. The standard InChI is InChI=1S/C17H20N2O3S/c1-11-5-8-16(14(4)9-11)17(20)18-19-23(21,22)15-7-6-12(2)13(3)10-15/h5-10,19H,1-4H3,(H,18,20). The fourth-order valence-corrected chi connectivity index (χ4v) is 3.11. The monoisotopic (exact) mass is 332 g/mol. The fraction of sp³-hybridized carbons (Fsp3) is 0.235. The third kappa shape index (κ3) is 3.97. The summed E-state index contributed by atoms with van der Waals surface area (Å²) in [6.45, 7) is 7.47. The first kappa shape index (κ1) is 17.2. The molecule has 0 atom stereocenters. The van der Waals surface area contributed by atoms with Crippen LogP contribution in [-0.4, -0.2) is 14.3 Å². The summed E-state index contributed by atoms with van der Waals surface area (Å²) >= 11 is 0. The molecule has 6 heteroatoms. The highest BCUT2D eigenvalue weighted by atomic mass is 32.2. The van der Waals surface area contributed by atoms with Crippen LogP contribution in [0.4, 0.5) is 0 Å². The second-order valence-corrected chi connectivity index (χ2v) is 7.31. The summed E-state index contributed by atoms with van der Waals surface area (Å²) in [7, 11) is -3.81. The smallest absolute Gasteiger partial charge is 0.266 e. The average molecular weight is 332 g/mol. The van der Waals surface area contributed by atoms with E-state index in [1.807, 2.05) is 26.8 Å². The molecule has 2 aromatic carbocycles. The van der Waals surface area contributed by atoms with Gasteiger partial charge in [0, 0.05) is 5.56 Å². The Morgan fingerprint density at radius 1 is 0.870 bits per heavy atom. The summed E-state index contributed by atoms with van der Waals surface area (Å²) in [5.41, 5.74) is 6.38. The highest BCUT2D eigenvalue weighted by molar-refractivity contribution is 7.89. The van der Waals surface area contributed by atoms with Gasteiger partial charge in [0.05, 0.1) is 4.90 Å². The van der Waals surface area contributed by atoms with Gasteiger partial charge in [0.1, 0.15) is 0 Å². The van der Waals surface area contributed by atoms with Gasteiger partial charge in [-0.15, -0.1) is 4.83 Å². The van der Waals surface area contributed by atoms with Gasteiger partial charge < -0.3 is 0 Å². The number of hydrazine groups is 1. The molecule has 0 saturated carbocycles. The molecule has 23 heavy (non-hydrogen) atoms. The van der Waals surface area contributed by atoms with E-state index in [1.54, 1.807) is 31.2 Å². The van der Waals surface area contributed by atoms with E-state index < -0.39 is 15.9 Å². The highest BCUT2D eigenvalue weighted by Crippen LogP contribution is 2.14. The molecule has 0 heterocycles. The van der Waals surface area contributed by atoms with Crippen molar-refractivity contribution in [2.75, 3.05) is 0 Å². The highest BCUT2D eigenvalue weighted by Gasteiger charge is 2.17. The average Bonchev–Trinajstić information content (AvgIpc) is 2.47. The van der Waals surface area contributed by atoms with Crippen LogP contribution < -0.4 is 10.3 Å². The van der Waals surface area contributed by atoms with Crippen molar-refractivity contribution in [3.8, 4) is 0 Å². The lowest BCUT2D eigenvalue weighted by molar-refractivity contribution is 0.0944. The molecule has 0 saturated heterocycles. The molecule has 2 rings (SSSR count). The molecule has 0 spiro atoms. The lowest BCUT2D eigenvalue weighted by Crippen LogP contribution is -2.41. The maximum atomic E-state index is 12.2. The Morgan fingerprint density at radius 3 is 2.17 bits per heavy atom. The minimum Gasteiger partial charge on any atom is -0.273 e. The van der Waals surface area contributed by atoms with Crippen molar-refractivity contribution in [1.29, 1.82) is 0 Å². The van der Waals surface area contributed by atoms with Gasteiger partial charge in [-0.3, -0.25) is 10.2 Å². The molecular weight excluding hydrogens is 312 g/mol. The summed E-state index contributed by atoms with van der Waals surface area (Å²) in [5, 5.41) is 0. The van der Waals surface area contributed by atoms with Crippen LogP contribution in [0.2, 0.25) is 0 Å². The van der Waals surface area contributed by atoms with Gasteiger partial charge in [-0.2, -0.15) is 0 Å². The molecule has 0 aliphatic carbocycles. The summed E-state index contributed by atoms with van der Waals surface area (Å²) in [4.78, 5) is 14.4. The first-order valence-corrected chi connectivity index (χ1v) is 8.65. The number of hydrogen-bond acceptors (Lipinski definition) is 3. The van der Waals surface area contributed by atoms with Gasteiger partial charge in [-0.25, -0.2) is 8.42 Å². The predicted molar refractivity (Wildman–Crippen MR) is 89.6 cm³/mol. The molecule has 0 unspecified atom stereocenters. The van der Waals surface area contributed by atoms with Crippen molar-refractivity contribution >= 4 is 15.9 Å². The maximum Gasteiger partial charge on any atom is 0.266 e. The predicted octanol–water partition coefficient (Wildman–Crippen LogP) is 2.54. The van der Waals surface area contributed by atoms with E-state index >= 15 is 0 Å². The summed E-state index contributed by atoms with van der Waals surface area (Å²) in [6.07, 6.45) is 0. The summed E-state index contributed by atoms with van der Waals surface area (Å²) in [6, 6.07) is 10.2. The van der Waals surface area contributed by atoms with Crippen LogP contribution in [0.3, 0.4) is 0 Å². The van der Waals surface area contributed by atoms with E-state index in [1.165, 1.54) is 6.07 Å². The number of hydrogen-bond donors (Lipinski definition) is 2. The minimum absolute atomic E-state index is 0.113. The molecule has 0 bridgehead atoms. The van der Waals surface area contributed by atoms with Crippen LogP contribution >= 0.6 is 0 Å². The van der Waals surface area contributed by atoms with Crippen LogP contribution in [0, 0.1) is 27.7 Å². The molecule has 0 fully saturated rings. The van der Waals surface area contributed by atoms with E-state index in [9.17, 15) is 13.2 Å². The zero-order valence-corrected chi connectivity index (χ0v) is 14.4. The number of rotatable bonds is 4. The second kappa shape index (κ2) is 6.52. The Bertz CT molecular complexity index is 858. The van der Waals surface area contributed by atoms with Crippen molar-refractivity contribution in [2.45, 2.75) is 32.6 Å². The quantitative estimate of drug-likeness (QED) is 0.845. The molecule has 2 aromatic rings. The Morgan fingerprint density at radius 2 is 1.57 bits per heavy atom. The Hall–Kier alpha value is -2.18. The van der Waals surface area contributed by atoms with Crippen LogP contribution in [0.15, 0.2) is 41.3 Å². The second-order valence-electron chi connectivity index (χ2n) is 5.62. The molecule has 0 aliphatic rings. The number of benzene rings is 2. The van der Waals surface area contributed by atoms with Crippen LogP contribution in [0.5, 0.6) is 0 Å². The number of amides is 1. The molecule has 0 aliphatic heterocycles. The lowest BCUT2D eigenvalue weighted by atomic mass is 10.1. The van der Waals surface area contributed by atoms with Gasteiger partial charge in [-0.05, 0) is 62.6 Å². The van der Waals surface area contributed by atoms with Crippen molar-refractivity contribution in [2.24, 2.45) is 0 Å². The van der Waals surface area contributed by atoms with Gasteiger partial charge >= 0.3 is 0 Å². The van der Waals surface area contributed by atoms with E-state index in [-0.39, 0.29) is 4.90 Å². The maximum absolute atomic E-state index is 12.2. The number of nitrogens with one attached hydrogen (secondary N) is 2. The SMILES string of the molecule is Cc1ccc(C(=O)NNS(=O)(=O)c2ccc(C)c(C)c2)c(C)c1. The van der Waals surface area contributed by atoms with Gasteiger partial charge in [0.25, 0.3) is 15.9 Å². The van der Waals surface area contributed by atoms with Crippen LogP contribution in [0.1, 0.15) is 32.6 Å². The topological polar surface area (TPSA) is 75.3 Å². The minimum atomic E-state index is -3.81. The van der Waals surface area contributed by atoms with Crippen molar-refractivity contribution in [3.63, 3.8) is 0 Å².